The first-order valence-electron chi connectivity index (χ1n) is 4.83. The number of hydrogen-bond donors (Lipinski definition) is 1. The van der Waals surface area contributed by atoms with Crippen molar-refractivity contribution in [2.45, 2.75) is 46.1 Å². The minimum atomic E-state index is -0.0816. The highest BCUT2D eigenvalue weighted by atomic mass is 16.1. The third-order valence-corrected chi connectivity index (χ3v) is 1.94. The molecule has 0 saturated heterocycles. The quantitative estimate of drug-likeness (QED) is 0.591. The average Bonchev–Trinajstić information content (AvgIpc) is 2.04. The third-order valence-electron chi connectivity index (χ3n) is 1.94. The van der Waals surface area contributed by atoms with Gasteiger partial charge in [-0.05, 0) is 18.9 Å². The van der Waals surface area contributed by atoms with Crippen molar-refractivity contribution in [2.24, 2.45) is 5.92 Å². The van der Waals surface area contributed by atoms with Gasteiger partial charge in [-0.2, -0.15) is 0 Å². The summed E-state index contributed by atoms with van der Waals surface area (Å²) in [6.45, 7) is 7.17. The molecule has 0 bridgehead atoms. The Kier molecular flexibility index (Phi) is 7.06. The lowest BCUT2D eigenvalue weighted by molar-refractivity contribution is 0.443. The summed E-state index contributed by atoms with van der Waals surface area (Å²) in [5.74, 6) is 0.351. The molecule has 0 aliphatic carbocycles. The average molecular weight is 170 g/mol. The maximum absolute atomic E-state index is 10.4. The maximum atomic E-state index is 10.4. The second-order valence-corrected chi connectivity index (χ2v) is 3.50. The number of carbonyl (C=O) groups excluding carboxylic acids is 1. The predicted octanol–water partition coefficient (Wildman–Crippen LogP) is 1.90. The predicted molar refractivity (Wildman–Crippen MR) is 51.8 cm³/mol. The molecule has 0 heterocycles. The van der Waals surface area contributed by atoms with Crippen LogP contribution in [0.5, 0.6) is 0 Å². The van der Waals surface area contributed by atoms with Gasteiger partial charge in [-0.1, -0.05) is 33.6 Å². The van der Waals surface area contributed by atoms with Gasteiger partial charge in [-0.3, -0.25) is 4.79 Å². The molecule has 0 aliphatic rings. The number of nitrogens with one attached hydrogen (secondary N) is 1. The van der Waals surface area contributed by atoms with E-state index in [-0.39, 0.29) is 6.04 Å². The largest absolute Gasteiger partial charge is 0.307 e. The molecule has 12 heavy (non-hydrogen) atoms. The molecule has 0 aliphatic heterocycles. The van der Waals surface area contributed by atoms with Crippen LogP contribution >= 0.6 is 0 Å². The Morgan fingerprint density at radius 3 is 2.42 bits per heavy atom. The van der Waals surface area contributed by atoms with E-state index in [0.717, 1.165) is 13.0 Å². The fraction of sp³-hybridized carbons (Fsp3) is 0.900. The van der Waals surface area contributed by atoms with Gasteiger partial charge in [0.05, 0.1) is 6.04 Å². The lowest BCUT2D eigenvalue weighted by Crippen LogP contribution is -2.35. The van der Waals surface area contributed by atoms with E-state index in [1.807, 2.05) is 20.1 Å². The van der Waals surface area contributed by atoms with Gasteiger partial charge in [0.25, 0.3) is 0 Å². The highest BCUT2D eigenvalue weighted by Gasteiger charge is 2.10. The van der Waals surface area contributed by atoms with Gasteiger partial charge in [0.1, 0.15) is 0 Å². The zero-order valence-corrected chi connectivity index (χ0v) is 8.39. The fourth-order valence-electron chi connectivity index (χ4n) is 1.05. The first-order valence-corrected chi connectivity index (χ1v) is 4.83. The van der Waals surface area contributed by atoms with E-state index in [1.165, 1.54) is 12.8 Å². The Morgan fingerprint density at radius 2 is 2.00 bits per heavy atom. The summed E-state index contributed by atoms with van der Waals surface area (Å²) in [5, 5.41) is 3.18. The Morgan fingerprint density at radius 1 is 1.33 bits per heavy atom. The number of hydrogen-bond acceptors (Lipinski definition) is 2. The van der Waals surface area contributed by atoms with Gasteiger partial charge in [0.15, 0.2) is 0 Å². The third kappa shape index (κ3) is 5.30. The van der Waals surface area contributed by atoms with E-state index in [4.69, 9.17) is 0 Å². The molecule has 1 N–H and O–H groups in total. The zero-order valence-electron chi connectivity index (χ0n) is 8.39. The van der Waals surface area contributed by atoms with Gasteiger partial charge in [0, 0.05) is 0 Å². The molecular formula is C10H20NO. The molecule has 2 heteroatoms. The van der Waals surface area contributed by atoms with Crippen LogP contribution in [0.4, 0.5) is 0 Å². The van der Waals surface area contributed by atoms with Crippen LogP contribution in [-0.2, 0) is 4.79 Å². The topological polar surface area (TPSA) is 29.1 Å². The van der Waals surface area contributed by atoms with Crippen LogP contribution in [-0.4, -0.2) is 18.9 Å². The second-order valence-electron chi connectivity index (χ2n) is 3.50. The van der Waals surface area contributed by atoms with E-state index >= 15 is 0 Å². The van der Waals surface area contributed by atoms with E-state index in [1.54, 1.807) is 0 Å². The Hall–Kier alpha value is -0.370. The van der Waals surface area contributed by atoms with Crippen molar-refractivity contribution in [1.29, 1.82) is 0 Å². The molecule has 1 radical (unpaired) electrons. The second kappa shape index (κ2) is 7.29. The van der Waals surface area contributed by atoms with Crippen LogP contribution in [0.25, 0.3) is 0 Å². The first-order chi connectivity index (χ1) is 5.72. The summed E-state index contributed by atoms with van der Waals surface area (Å²) in [7, 11) is 0. The van der Waals surface area contributed by atoms with Crippen molar-refractivity contribution in [2.75, 3.05) is 6.54 Å². The van der Waals surface area contributed by atoms with Crippen molar-refractivity contribution < 1.29 is 4.79 Å². The smallest absolute Gasteiger partial charge is 0.217 e. The summed E-state index contributed by atoms with van der Waals surface area (Å²) in [6.07, 6.45) is 5.63. The molecule has 0 aromatic carbocycles. The molecular weight excluding hydrogens is 150 g/mol. The van der Waals surface area contributed by atoms with E-state index in [2.05, 4.69) is 12.2 Å². The highest BCUT2D eigenvalue weighted by molar-refractivity contribution is 5.58. The van der Waals surface area contributed by atoms with Crippen molar-refractivity contribution in [3.63, 3.8) is 0 Å². The minimum Gasteiger partial charge on any atom is -0.307 e. The summed E-state index contributed by atoms with van der Waals surface area (Å²) < 4.78 is 0. The van der Waals surface area contributed by atoms with Crippen molar-refractivity contribution in [3.05, 3.63) is 0 Å². The molecule has 2 nitrogen and oxygen atoms in total. The Balaban J connectivity index is 3.38. The van der Waals surface area contributed by atoms with Crippen LogP contribution in [0.3, 0.4) is 0 Å². The number of rotatable bonds is 7. The summed E-state index contributed by atoms with van der Waals surface area (Å²) >= 11 is 0. The first kappa shape index (κ1) is 11.6. The van der Waals surface area contributed by atoms with Crippen molar-refractivity contribution in [1.82, 2.24) is 5.32 Å². The summed E-state index contributed by atoms with van der Waals surface area (Å²) in [4.78, 5) is 10.4. The molecule has 0 aromatic rings. The fourth-order valence-corrected chi connectivity index (χ4v) is 1.05. The Bertz CT molecular complexity index is 112. The molecule has 71 valence electrons. The molecule has 1 atom stereocenters. The number of unbranched alkanes of at least 4 members (excludes halogenated alkanes) is 2. The van der Waals surface area contributed by atoms with Crippen LogP contribution < -0.4 is 5.32 Å². The SMILES string of the molecule is CCCCCN[C@H]([C]=O)C(C)C. The molecule has 0 amide bonds. The maximum Gasteiger partial charge on any atom is 0.217 e. The zero-order chi connectivity index (χ0) is 9.40. The molecule has 0 rings (SSSR count). The van der Waals surface area contributed by atoms with Gasteiger partial charge < -0.3 is 5.32 Å². The molecule has 0 aromatic heterocycles. The van der Waals surface area contributed by atoms with Gasteiger partial charge in [-0.15, -0.1) is 0 Å². The minimum absolute atomic E-state index is 0.0816. The molecule has 0 spiro atoms. The van der Waals surface area contributed by atoms with Gasteiger partial charge in [0.2, 0.25) is 6.29 Å². The van der Waals surface area contributed by atoms with Crippen LogP contribution in [0.2, 0.25) is 0 Å². The van der Waals surface area contributed by atoms with Gasteiger partial charge in [-0.25, -0.2) is 0 Å². The Labute approximate surface area is 75.7 Å². The summed E-state index contributed by atoms with van der Waals surface area (Å²) in [5.41, 5.74) is 0. The lowest BCUT2D eigenvalue weighted by atomic mass is 10.1. The van der Waals surface area contributed by atoms with E-state index in [9.17, 15) is 4.79 Å². The lowest BCUT2D eigenvalue weighted by Gasteiger charge is -2.14. The van der Waals surface area contributed by atoms with E-state index < -0.39 is 0 Å². The standard InChI is InChI=1S/C10H20NO/c1-4-5-6-7-11-10(8-12)9(2)3/h9-11H,4-7H2,1-3H3/t10-/m1/s1. The van der Waals surface area contributed by atoms with Gasteiger partial charge >= 0.3 is 0 Å². The van der Waals surface area contributed by atoms with Crippen LogP contribution in [0.1, 0.15) is 40.0 Å². The van der Waals surface area contributed by atoms with Crippen LogP contribution in [0.15, 0.2) is 0 Å². The monoisotopic (exact) mass is 170 g/mol. The molecule has 0 unspecified atom stereocenters. The van der Waals surface area contributed by atoms with Crippen molar-refractivity contribution in [3.8, 4) is 0 Å². The summed E-state index contributed by atoms with van der Waals surface area (Å²) in [6, 6.07) is -0.0816. The van der Waals surface area contributed by atoms with E-state index in [0.29, 0.717) is 5.92 Å². The molecule has 0 saturated carbocycles. The highest BCUT2D eigenvalue weighted by Crippen LogP contribution is 1.99. The van der Waals surface area contributed by atoms with Crippen LogP contribution in [0, 0.1) is 5.92 Å². The van der Waals surface area contributed by atoms with Crippen molar-refractivity contribution >= 4 is 6.29 Å². The normalized spacial score (nSPS) is 13.3. The molecule has 0 fully saturated rings.